The zero-order chi connectivity index (χ0) is 16.9. The summed E-state index contributed by atoms with van der Waals surface area (Å²) < 4.78 is 0. The average molecular weight is 324 g/mol. The Morgan fingerprint density at radius 3 is 2.29 bits per heavy atom. The maximum Gasteiger partial charge on any atom is 0.0991 e. The third-order valence-corrected chi connectivity index (χ3v) is 6.93. The maximum atomic E-state index is 8.94. The lowest BCUT2D eigenvalue weighted by Gasteiger charge is -2.42. The molecule has 2 saturated carbocycles. The van der Waals surface area contributed by atoms with E-state index in [1.165, 1.54) is 63.4 Å². The monoisotopic (exact) mass is 323 g/mol. The lowest BCUT2D eigenvalue weighted by Crippen LogP contribution is -2.31. The van der Waals surface area contributed by atoms with E-state index >= 15 is 0 Å². The van der Waals surface area contributed by atoms with Crippen molar-refractivity contribution in [3.63, 3.8) is 0 Å². The van der Waals surface area contributed by atoms with Gasteiger partial charge in [-0.25, -0.2) is 0 Å². The molecule has 3 rings (SSSR count). The zero-order valence-electron chi connectivity index (χ0n) is 15.5. The SMILES string of the molecule is CCCC1CCC(C2CCC(c3ccc(C#N)cc3)CC2)C(C)C1. The fourth-order valence-electron chi connectivity index (χ4n) is 5.61. The average Bonchev–Trinajstić information content (AvgIpc) is 2.62. The van der Waals surface area contributed by atoms with Gasteiger partial charge < -0.3 is 0 Å². The van der Waals surface area contributed by atoms with Crippen molar-refractivity contribution in [1.82, 2.24) is 0 Å². The van der Waals surface area contributed by atoms with Crippen LogP contribution in [-0.4, -0.2) is 0 Å². The summed E-state index contributed by atoms with van der Waals surface area (Å²) in [5.41, 5.74) is 2.23. The molecule has 0 bridgehead atoms. The van der Waals surface area contributed by atoms with Gasteiger partial charge in [-0.05, 0) is 85.8 Å². The Hall–Kier alpha value is -1.29. The molecule has 3 atom stereocenters. The van der Waals surface area contributed by atoms with Crippen LogP contribution in [0.2, 0.25) is 0 Å². The summed E-state index contributed by atoms with van der Waals surface area (Å²) in [6.07, 6.45) is 12.8. The van der Waals surface area contributed by atoms with Gasteiger partial charge in [-0.1, -0.05) is 45.2 Å². The smallest absolute Gasteiger partial charge is 0.0991 e. The van der Waals surface area contributed by atoms with Gasteiger partial charge in [0.2, 0.25) is 0 Å². The number of nitriles is 1. The van der Waals surface area contributed by atoms with Crippen molar-refractivity contribution in [3.05, 3.63) is 35.4 Å². The van der Waals surface area contributed by atoms with Crippen molar-refractivity contribution in [1.29, 1.82) is 5.26 Å². The third-order valence-electron chi connectivity index (χ3n) is 6.93. The molecular formula is C23H33N. The van der Waals surface area contributed by atoms with Crippen molar-refractivity contribution in [2.75, 3.05) is 0 Å². The second-order valence-electron chi connectivity index (χ2n) is 8.45. The maximum absolute atomic E-state index is 8.94. The lowest BCUT2D eigenvalue weighted by atomic mass is 9.64. The van der Waals surface area contributed by atoms with Crippen LogP contribution >= 0.6 is 0 Å². The normalized spacial score (nSPS) is 33.8. The standard InChI is InChI=1S/C23H33N/c1-3-4-18-7-14-23(17(2)15-18)22-12-10-21(11-13-22)20-8-5-19(16-24)6-9-20/h5-6,8-9,17-18,21-23H,3-4,7,10-15H2,1-2H3. The quantitative estimate of drug-likeness (QED) is 0.606. The van der Waals surface area contributed by atoms with Crippen LogP contribution in [0.15, 0.2) is 24.3 Å². The minimum atomic E-state index is 0.723. The highest BCUT2D eigenvalue weighted by Crippen LogP contribution is 2.46. The fraction of sp³-hybridized carbons (Fsp3) is 0.696. The predicted octanol–water partition coefficient (Wildman–Crippen LogP) is 6.68. The van der Waals surface area contributed by atoms with Gasteiger partial charge in [0.25, 0.3) is 0 Å². The van der Waals surface area contributed by atoms with Crippen molar-refractivity contribution >= 4 is 0 Å². The predicted molar refractivity (Wildman–Crippen MR) is 101 cm³/mol. The molecular weight excluding hydrogens is 290 g/mol. The molecule has 3 unspecified atom stereocenters. The summed E-state index contributed by atoms with van der Waals surface area (Å²) in [5, 5.41) is 8.94. The molecule has 0 spiro atoms. The van der Waals surface area contributed by atoms with Crippen LogP contribution in [0.5, 0.6) is 0 Å². The van der Waals surface area contributed by atoms with Gasteiger partial charge in [0.15, 0.2) is 0 Å². The summed E-state index contributed by atoms with van der Waals surface area (Å²) in [6.45, 7) is 4.86. The lowest BCUT2D eigenvalue weighted by molar-refractivity contribution is 0.102. The van der Waals surface area contributed by atoms with E-state index in [2.05, 4.69) is 32.0 Å². The molecule has 2 aliphatic carbocycles. The molecule has 1 aromatic rings. The first kappa shape index (κ1) is 17.5. The van der Waals surface area contributed by atoms with Crippen molar-refractivity contribution in [3.8, 4) is 6.07 Å². The van der Waals surface area contributed by atoms with Crippen LogP contribution in [0, 0.1) is 35.0 Å². The largest absolute Gasteiger partial charge is 0.192 e. The number of rotatable bonds is 4. The molecule has 0 aromatic heterocycles. The van der Waals surface area contributed by atoms with Gasteiger partial charge in [0.1, 0.15) is 0 Å². The molecule has 130 valence electrons. The molecule has 0 N–H and O–H groups in total. The number of hydrogen-bond acceptors (Lipinski definition) is 1. The van der Waals surface area contributed by atoms with Gasteiger partial charge in [0.05, 0.1) is 11.6 Å². The van der Waals surface area contributed by atoms with E-state index in [-0.39, 0.29) is 0 Å². The summed E-state index contributed by atoms with van der Waals surface area (Å²) in [7, 11) is 0. The van der Waals surface area contributed by atoms with Crippen molar-refractivity contribution in [2.45, 2.75) is 77.6 Å². The Labute approximate surface area is 148 Å². The second kappa shape index (κ2) is 8.19. The molecule has 0 heterocycles. The number of nitrogens with zero attached hydrogens (tertiary/aromatic N) is 1. The number of benzene rings is 1. The first-order valence-electron chi connectivity index (χ1n) is 10.2. The summed E-state index contributed by atoms with van der Waals surface area (Å²) in [6, 6.07) is 10.6. The van der Waals surface area contributed by atoms with Gasteiger partial charge in [-0.15, -0.1) is 0 Å². The second-order valence-corrected chi connectivity index (χ2v) is 8.45. The summed E-state index contributed by atoms with van der Waals surface area (Å²) in [5.74, 6) is 4.63. The minimum Gasteiger partial charge on any atom is -0.192 e. The topological polar surface area (TPSA) is 23.8 Å². The molecule has 24 heavy (non-hydrogen) atoms. The fourth-order valence-corrected chi connectivity index (χ4v) is 5.61. The van der Waals surface area contributed by atoms with Crippen LogP contribution < -0.4 is 0 Å². The molecule has 0 saturated heterocycles. The highest BCUT2D eigenvalue weighted by Gasteiger charge is 2.34. The van der Waals surface area contributed by atoms with E-state index in [0.717, 1.165) is 35.2 Å². The Morgan fingerprint density at radius 1 is 1.00 bits per heavy atom. The minimum absolute atomic E-state index is 0.723. The molecule has 1 heteroatoms. The van der Waals surface area contributed by atoms with E-state index in [1.807, 2.05) is 12.1 Å². The Bertz CT molecular complexity index is 544. The Balaban J connectivity index is 1.52. The van der Waals surface area contributed by atoms with Crippen LogP contribution in [-0.2, 0) is 0 Å². The van der Waals surface area contributed by atoms with Gasteiger partial charge in [-0.2, -0.15) is 5.26 Å². The van der Waals surface area contributed by atoms with Crippen LogP contribution in [0.25, 0.3) is 0 Å². The van der Waals surface area contributed by atoms with Gasteiger partial charge >= 0.3 is 0 Å². The van der Waals surface area contributed by atoms with Crippen LogP contribution in [0.4, 0.5) is 0 Å². The first-order chi connectivity index (χ1) is 11.7. The van der Waals surface area contributed by atoms with Crippen molar-refractivity contribution in [2.24, 2.45) is 23.7 Å². The highest BCUT2D eigenvalue weighted by atomic mass is 14.4. The molecule has 0 amide bonds. The Morgan fingerprint density at radius 2 is 1.71 bits per heavy atom. The Kier molecular flexibility index (Phi) is 5.99. The highest BCUT2D eigenvalue weighted by molar-refractivity contribution is 5.33. The van der Waals surface area contributed by atoms with E-state index in [1.54, 1.807) is 0 Å². The van der Waals surface area contributed by atoms with Crippen LogP contribution in [0.1, 0.15) is 88.7 Å². The summed E-state index contributed by atoms with van der Waals surface area (Å²) >= 11 is 0. The summed E-state index contributed by atoms with van der Waals surface area (Å²) in [4.78, 5) is 0. The molecule has 0 radical (unpaired) electrons. The zero-order valence-corrected chi connectivity index (χ0v) is 15.5. The van der Waals surface area contributed by atoms with E-state index in [4.69, 9.17) is 5.26 Å². The van der Waals surface area contributed by atoms with E-state index in [0.29, 0.717) is 0 Å². The van der Waals surface area contributed by atoms with E-state index < -0.39 is 0 Å². The molecule has 2 aliphatic rings. The molecule has 1 nitrogen and oxygen atoms in total. The van der Waals surface area contributed by atoms with Crippen molar-refractivity contribution < 1.29 is 0 Å². The van der Waals surface area contributed by atoms with E-state index in [9.17, 15) is 0 Å². The molecule has 0 aliphatic heterocycles. The van der Waals surface area contributed by atoms with Crippen LogP contribution in [0.3, 0.4) is 0 Å². The first-order valence-corrected chi connectivity index (χ1v) is 10.2. The third kappa shape index (κ3) is 4.02. The molecule has 2 fully saturated rings. The van der Waals surface area contributed by atoms with Gasteiger partial charge in [-0.3, -0.25) is 0 Å². The van der Waals surface area contributed by atoms with Gasteiger partial charge in [0, 0.05) is 0 Å². The number of hydrogen-bond donors (Lipinski definition) is 0. The molecule has 1 aromatic carbocycles.